The van der Waals surface area contributed by atoms with Crippen LogP contribution in [-0.2, 0) is 12.1 Å². The van der Waals surface area contributed by atoms with Crippen molar-refractivity contribution >= 4 is 16.9 Å². The summed E-state index contributed by atoms with van der Waals surface area (Å²) in [5.41, 5.74) is 1.91. The first-order valence-corrected chi connectivity index (χ1v) is 10.6. The number of nitrogens with zero attached hydrogens (tertiary/aromatic N) is 3. The minimum Gasteiger partial charge on any atom is -0.373 e. The predicted molar refractivity (Wildman–Crippen MR) is 123 cm³/mol. The fourth-order valence-electron chi connectivity index (χ4n) is 3.98. The summed E-state index contributed by atoms with van der Waals surface area (Å²) >= 11 is 0. The third-order valence-electron chi connectivity index (χ3n) is 5.56. The van der Waals surface area contributed by atoms with Crippen LogP contribution in [0.15, 0.2) is 78.9 Å². The number of nitriles is 1. The molecular weight excluding hydrogens is 400 g/mol. The van der Waals surface area contributed by atoms with Gasteiger partial charge in [0.05, 0.1) is 23.5 Å². The van der Waals surface area contributed by atoms with Crippen molar-refractivity contribution in [3.8, 4) is 6.07 Å². The number of hydrogen-bond acceptors (Lipinski definition) is 4. The van der Waals surface area contributed by atoms with Gasteiger partial charge in [-0.2, -0.15) is 5.26 Å². The average molecular weight is 425 g/mol. The van der Waals surface area contributed by atoms with Crippen molar-refractivity contribution in [3.63, 3.8) is 0 Å². The van der Waals surface area contributed by atoms with Gasteiger partial charge < -0.3 is 15.0 Å². The highest BCUT2D eigenvalue weighted by molar-refractivity contribution is 5.97. The number of amides is 1. The maximum atomic E-state index is 12.5. The topological polar surface area (TPSA) is 90.9 Å². The van der Waals surface area contributed by atoms with Gasteiger partial charge in [0.25, 0.3) is 5.91 Å². The van der Waals surface area contributed by atoms with Gasteiger partial charge in [-0.1, -0.05) is 60.7 Å². The van der Waals surface area contributed by atoms with E-state index in [4.69, 9.17) is 10.2 Å². The molecule has 4 rings (SSSR count). The Morgan fingerprint density at radius 3 is 2.25 bits per heavy atom. The second-order valence-electron chi connectivity index (χ2n) is 7.49. The number of imidazole rings is 1. The van der Waals surface area contributed by atoms with Crippen LogP contribution in [0.1, 0.15) is 40.7 Å². The molecule has 1 aromatic heterocycles. The summed E-state index contributed by atoms with van der Waals surface area (Å²) in [6.45, 7) is 2.85. The number of carbonyl (C=O) groups excluding carboxylic acids is 1. The fraction of sp³-hybridized carbons (Fsp3) is 0.192. The maximum Gasteiger partial charge on any atom is 0.251 e. The van der Waals surface area contributed by atoms with Gasteiger partial charge in [0.1, 0.15) is 0 Å². The second-order valence-corrected chi connectivity index (χ2v) is 7.49. The van der Waals surface area contributed by atoms with Gasteiger partial charge >= 0.3 is 0 Å². The molecule has 0 atom stereocenters. The van der Waals surface area contributed by atoms with Gasteiger partial charge in [-0.05, 0) is 36.2 Å². The van der Waals surface area contributed by atoms with Gasteiger partial charge in [-0.3, -0.25) is 4.79 Å². The average Bonchev–Trinajstić information content (AvgIpc) is 3.23. The van der Waals surface area contributed by atoms with E-state index in [1.807, 2.05) is 78.2 Å². The summed E-state index contributed by atoms with van der Waals surface area (Å²) < 4.78 is 1.95. The van der Waals surface area contributed by atoms with Crippen LogP contribution in [-0.4, -0.2) is 27.1 Å². The molecule has 0 aliphatic carbocycles. The Hall–Kier alpha value is -3.95. The van der Waals surface area contributed by atoms with Gasteiger partial charge in [-0.15, -0.1) is 0 Å². The Morgan fingerprint density at radius 2 is 1.69 bits per heavy atom. The number of benzene rings is 3. The van der Waals surface area contributed by atoms with Crippen molar-refractivity contribution in [1.29, 1.82) is 5.26 Å². The van der Waals surface area contributed by atoms with Crippen molar-refractivity contribution in [2.45, 2.75) is 25.5 Å². The van der Waals surface area contributed by atoms with E-state index >= 15 is 0 Å². The highest BCUT2D eigenvalue weighted by Crippen LogP contribution is 2.37. The van der Waals surface area contributed by atoms with E-state index < -0.39 is 5.60 Å². The third kappa shape index (κ3) is 3.75. The van der Waals surface area contributed by atoms with Crippen molar-refractivity contribution < 1.29 is 9.90 Å². The largest absolute Gasteiger partial charge is 0.373 e. The van der Waals surface area contributed by atoms with E-state index in [0.717, 1.165) is 5.52 Å². The number of rotatable bonds is 7. The lowest BCUT2D eigenvalue weighted by molar-refractivity contribution is 0.0954. The van der Waals surface area contributed by atoms with Crippen LogP contribution in [0.25, 0.3) is 11.0 Å². The number of aromatic nitrogens is 2. The first-order valence-electron chi connectivity index (χ1n) is 10.6. The first-order chi connectivity index (χ1) is 15.6. The normalized spacial score (nSPS) is 11.3. The maximum absolute atomic E-state index is 12.5. The second kappa shape index (κ2) is 9.04. The van der Waals surface area contributed by atoms with Crippen molar-refractivity contribution in [3.05, 3.63) is 101 Å². The Balaban J connectivity index is 1.88. The summed E-state index contributed by atoms with van der Waals surface area (Å²) in [4.78, 5) is 17.3. The summed E-state index contributed by atoms with van der Waals surface area (Å²) in [6.07, 6.45) is 0.256. The lowest BCUT2D eigenvalue weighted by Gasteiger charge is -2.29. The zero-order valence-electron chi connectivity index (χ0n) is 17.8. The predicted octanol–water partition coefficient (Wildman–Crippen LogP) is 3.98. The van der Waals surface area contributed by atoms with Crippen molar-refractivity contribution in [2.24, 2.45) is 0 Å². The van der Waals surface area contributed by atoms with Crippen LogP contribution in [0, 0.1) is 11.3 Å². The third-order valence-corrected chi connectivity index (χ3v) is 5.56. The number of fused-ring (bicyclic) bond motifs is 1. The van der Waals surface area contributed by atoms with E-state index in [0.29, 0.717) is 41.1 Å². The molecule has 1 amide bonds. The molecule has 0 aliphatic rings. The monoisotopic (exact) mass is 424 g/mol. The summed E-state index contributed by atoms with van der Waals surface area (Å²) in [5, 5.41) is 23.6. The molecular formula is C26H24N4O2. The minimum atomic E-state index is -1.47. The van der Waals surface area contributed by atoms with Crippen LogP contribution >= 0.6 is 0 Å². The highest BCUT2D eigenvalue weighted by atomic mass is 16.3. The minimum absolute atomic E-state index is 0.242. The molecule has 0 saturated carbocycles. The van der Waals surface area contributed by atoms with Gasteiger partial charge in [0.15, 0.2) is 11.4 Å². The van der Waals surface area contributed by atoms with Crippen LogP contribution < -0.4 is 5.32 Å². The van der Waals surface area contributed by atoms with Crippen molar-refractivity contribution in [2.75, 3.05) is 6.54 Å². The number of aryl methyl sites for hydroxylation is 1. The Labute approximate surface area is 186 Å². The summed E-state index contributed by atoms with van der Waals surface area (Å²) in [7, 11) is 0. The Kier molecular flexibility index (Phi) is 6.02. The fourth-order valence-corrected chi connectivity index (χ4v) is 3.98. The lowest BCUT2D eigenvalue weighted by Crippen LogP contribution is -2.32. The summed E-state index contributed by atoms with van der Waals surface area (Å²) in [5.74, 6) is 0.253. The molecule has 0 radical (unpaired) electrons. The molecule has 0 unspecified atom stereocenters. The summed E-state index contributed by atoms with van der Waals surface area (Å²) in [6, 6.07) is 26.3. The van der Waals surface area contributed by atoms with Crippen LogP contribution in [0.4, 0.5) is 0 Å². The van der Waals surface area contributed by atoms with Gasteiger partial charge in [-0.25, -0.2) is 4.98 Å². The van der Waals surface area contributed by atoms with Crippen LogP contribution in [0.2, 0.25) is 0 Å². The van der Waals surface area contributed by atoms with Gasteiger partial charge in [0, 0.05) is 18.7 Å². The van der Waals surface area contributed by atoms with Crippen LogP contribution in [0.3, 0.4) is 0 Å². The molecule has 0 bridgehead atoms. The zero-order valence-corrected chi connectivity index (χ0v) is 17.8. The lowest BCUT2D eigenvalue weighted by atomic mass is 9.85. The quantitative estimate of drug-likeness (QED) is 0.439. The standard InChI is InChI=1S/C26H24N4O2/c1-2-30-23-18-19(24(31)28-17-9-16-27)14-15-22(23)29-25(30)26(32,20-10-5-3-6-11-20)21-12-7-4-8-13-21/h3-8,10-15,18,32H,2,9,17H2,1H3,(H,28,31). The molecule has 0 fully saturated rings. The number of hydrogen-bond donors (Lipinski definition) is 2. The number of carbonyl (C=O) groups is 1. The molecule has 1 heterocycles. The van der Waals surface area contributed by atoms with E-state index in [1.165, 1.54) is 0 Å². The number of nitrogens with one attached hydrogen (secondary N) is 1. The number of aliphatic hydroxyl groups is 1. The molecule has 160 valence electrons. The van der Waals surface area contributed by atoms with Crippen molar-refractivity contribution in [1.82, 2.24) is 14.9 Å². The smallest absolute Gasteiger partial charge is 0.251 e. The molecule has 3 aromatic carbocycles. The molecule has 0 saturated heterocycles. The molecule has 32 heavy (non-hydrogen) atoms. The SMILES string of the molecule is CCn1c(C(O)(c2ccccc2)c2ccccc2)nc2ccc(C(=O)NCCC#N)cc21. The molecule has 6 heteroatoms. The van der Waals surface area contributed by atoms with E-state index in [1.54, 1.807) is 18.2 Å². The van der Waals surface area contributed by atoms with E-state index in [-0.39, 0.29) is 12.3 Å². The molecule has 6 nitrogen and oxygen atoms in total. The first kappa shape index (κ1) is 21.3. The Morgan fingerprint density at radius 1 is 1.06 bits per heavy atom. The Bertz CT molecular complexity index is 1230. The van der Waals surface area contributed by atoms with E-state index in [9.17, 15) is 9.90 Å². The zero-order chi connectivity index (χ0) is 22.6. The van der Waals surface area contributed by atoms with E-state index in [2.05, 4.69) is 5.32 Å². The molecule has 4 aromatic rings. The highest BCUT2D eigenvalue weighted by Gasteiger charge is 2.38. The molecule has 0 spiro atoms. The molecule has 0 aliphatic heterocycles. The van der Waals surface area contributed by atoms with Crippen LogP contribution in [0.5, 0.6) is 0 Å². The van der Waals surface area contributed by atoms with Gasteiger partial charge in [0.2, 0.25) is 0 Å². The molecule has 2 N–H and O–H groups in total.